The quantitative estimate of drug-likeness (QED) is 0.333. The second-order valence-corrected chi connectivity index (χ2v) is 10.7. The fraction of sp³-hybridized carbons (Fsp3) is 0.483. The number of fused-ring (bicyclic) bond motifs is 2. The van der Waals surface area contributed by atoms with Gasteiger partial charge >= 0.3 is 5.97 Å². The van der Waals surface area contributed by atoms with Crippen LogP contribution in [0.15, 0.2) is 30.3 Å². The molecule has 0 fully saturated rings. The minimum absolute atomic E-state index is 0.131. The lowest BCUT2D eigenvalue weighted by molar-refractivity contribution is 0.0474. The molecule has 1 aliphatic rings. The van der Waals surface area contributed by atoms with E-state index in [0.29, 0.717) is 30.2 Å². The number of rotatable bonds is 7. The number of ether oxygens (including phenoxy) is 2. The van der Waals surface area contributed by atoms with E-state index in [1.807, 2.05) is 44.2 Å². The zero-order valence-corrected chi connectivity index (χ0v) is 21.7. The Labute approximate surface area is 207 Å². The van der Waals surface area contributed by atoms with E-state index in [0.717, 1.165) is 52.8 Å². The summed E-state index contributed by atoms with van der Waals surface area (Å²) in [7, 11) is 1.66. The van der Waals surface area contributed by atoms with Crippen LogP contribution in [0.5, 0.6) is 0 Å². The van der Waals surface area contributed by atoms with Gasteiger partial charge in [0.05, 0.1) is 17.7 Å². The number of methoxy groups -OCH3 is 1. The molecule has 0 saturated carbocycles. The second-order valence-electron chi connectivity index (χ2n) is 10.7. The third-order valence-corrected chi connectivity index (χ3v) is 7.42. The molecule has 6 heteroatoms. The van der Waals surface area contributed by atoms with E-state index in [4.69, 9.17) is 14.5 Å². The van der Waals surface area contributed by atoms with E-state index in [1.165, 1.54) is 0 Å². The third-order valence-electron chi connectivity index (χ3n) is 7.42. The van der Waals surface area contributed by atoms with Crippen LogP contribution < -0.4 is 0 Å². The van der Waals surface area contributed by atoms with Gasteiger partial charge in [0.25, 0.3) is 0 Å². The average molecular weight is 477 g/mol. The van der Waals surface area contributed by atoms with E-state index in [9.17, 15) is 9.59 Å². The number of para-hydroxylation sites is 1. The fourth-order valence-corrected chi connectivity index (χ4v) is 5.25. The summed E-state index contributed by atoms with van der Waals surface area (Å²) >= 11 is 0. The molecule has 0 bridgehead atoms. The van der Waals surface area contributed by atoms with Crippen LogP contribution in [0.2, 0.25) is 0 Å². The van der Waals surface area contributed by atoms with Crippen LogP contribution in [0.25, 0.3) is 10.9 Å². The Morgan fingerprint density at radius 2 is 1.91 bits per heavy atom. The Morgan fingerprint density at radius 1 is 1.17 bits per heavy atom. The average Bonchev–Trinajstić information content (AvgIpc) is 3.11. The van der Waals surface area contributed by atoms with Crippen LogP contribution in [0.3, 0.4) is 0 Å². The highest BCUT2D eigenvalue weighted by molar-refractivity contribution is 6.06. The molecule has 1 unspecified atom stereocenters. The van der Waals surface area contributed by atoms with Gasteiger partial charge in [-0.15, -0.1) is 0 Å². The molecule has 3 aromatic rings. The first-order chi connectivity index (χ1) is 16.6. The first-order valence-electron chi connectivity index (χ1n) is 12.4. The van der Waals surface area contributed by atoms with E-state index >= 15 is 0 Å². The SMILES string of the molecule is COCCn1c(C)cc(C(=O)COC(=O)c2c3c(nc4ccccc24)CCC(C(C)(C)C)C3)c1C. The van der Waals surface area contributed by atoms with Crippen LogP contribution in [0.1, 0.15) is 70.6 Å². The lowest BCUT2D eigenvalue weighted by atomic mass is 9.70. The molecule has 2 heterocycles. The first kappa shape index (κ1) is 25.1. The second kappa shape index (κ2) is 9.94. The highest BCUT2D eigenvalue weighted by atomic mass is 16.5. The molecule has 0 amide bonds. The molecule has 0 radical (unpaired) electrons. The molecule has 0 N–H and O–H groups in total. The normalized spacial score (nSPS) is 15.8. The van der Waals surface area contributed by atoms with Gasteiger partial charge in [-0.25, -0.2) is 4.79 Å². The standard InChI is InChI=1S/C29H36N2O4/c1-18-15-22(19(2)31(18)13-14-34-6)26(32)17-35-28(33)27-21-9-7-8-10-24(21)30-25-12-11-20(16-23(25)27)29(3,4)5/h7-10,15,20H,11-14,16-17H2,1-6H3. The minimum Gasteiger partial charge on any atom is -0.454 e. The molecule has 186 valence electrons. The molecule has 6 nitrogen and oxygen atoms in total. The maximum absolute atomic E-state index is 13.5. The van der Waals surface area contributed by atoms with Crippen molar-refractivity contribution < 1.29 is 19.1 Å². The zero-order valence-electron chi connectivity index (χ0n) is 21.7. The summed E-state index contributed by atoms with van der Waals surface area (Å²) in [5.74, 6) is -0.200. The van der Waals surface area contributed by atoms with Gasteiger partial charge in [0.1, 0.15) is 0 Å². The van der Waals surface area contributed by atoms with Gasteiger partial charge in [-0.1, -0.05) is 39.0 Å². The van der Waals surface area contributed by atoms with Gasteiger partial charge in [-0.3, -0.25) is 9.78 Å². The molecule has 0 saturated heterocycles. The highest BCUT2D eigenvalue weighted by Gasteiger charge is 2.33. The molecule has 1 aromatic carbocycles. The number of aromatic nitrogens is 2. The van der Waals surface area contributed by atoms with Crippen molar-refractivity contribution in [1.29, 1.82) is 0 Å². The zero-order chi connectivity index (χ0) is 25.3. The Morgan fingerprint density at radius 3 is 2.63 bits per heavy atom. The third kappa shape index (κ3) is 5.03. The monoisotopic (exact) mass is 476 g/mol. The Hall–Kier alpha value is -2.99. The number of pyridine rings is 1. The van der Waals surface area contributed by atoms with Crippen molar-refractivity contribution in [3.8, 4) is 0 Å². The van der Waals surface area contributed by atoms with E-state index in [-0.39, 0.29) is 17.8 Å². The van der Waals surface area contributed by atoms with Gasteiger partial charge in [-0.2, -0.15) is 0 Å². The van der Waals surface area contributed by atoms with E-state index in [2.05, 4.69) is 25.3 Å². The van der Waals surface area contributed by atoms with Crippen molar-refractivity contribution in [3.63, 3.8) is 0 Å². The molecule has 1 atom stereocenters. The number of esters is 1. The van der Waals surface area contributed by atoms with Gasteiger partial charge in [-0.05, 0) is 62.1 Å². The molecular formula is C29H36N2O4. The number of hydrogen-bond acceptors (Lipinski definition) is 5. The van der Waals surface area contributed by atoms with Crippen LogP contribution in [0, 0.1) is 25.2 Å². The van der Waals surface area contributed by atoms with E-state index in [1.54, 1.807) is 7.11 Å². The first-order valence-corrected chi connectivity index (χ1v) is 12.4. The van der Waals surface area contributed by atoms with Crippen molar-refractivity contribution in [3.05, 3.63) is 64.1 Å². The van der Waals surface area contributed by atoms with Gasteiger partial charge < -0.3 is 14.0 Å². The van der Waals surface area contributed by atoms with Crippen molar-refractivity contribution in [1.82, 2.24) is 9.55 Å². The van der Waals surface area contributed by atoms with Crippen LogP contribution in [-0.2, 0) is 28.9 Å². The fourth-order valence-electron chi connectivity index (χ4n) is 5.25. The van der Waals surface area contributed by atoms with Crippen molar-refractivity contribution in [2.24, 2.45) is 11.3 Å². The summed E-state index contributed by atoms with van der Waals surface area (Å²) in [6.07, 6.45) is 2.68. The Bertz CT molecular complexity index is 1270. The minimum atomic E-state index is -0.448. The van der Waals surface area contributed by atoms with E-state index < -0.39 is 5.97 Å². The topological polar surface area (TPSA) is 70.4 Å². The van der Waals surface area contributed by atoms with Gasteiger partial charge in [0, 0.05) is 41.7 Å². The predicted molar refractivity (Wildman–Crippen MR) is 137 cm³/mol. The number of Topliss-reactive ketones (excluding diaryl/α,β-unsaturated/α-hetero) is 1. The number of benzene rings is 1. The van der Waals surface area contributed by atoms with Crippen molar-refractivity contribution >= 4 is 22.7 Å². The number of nitrogens with zero attached hydrogens (tertiary/aromatic N) is 2. The number of carbonyl (C=O) groups is 2. The van der Waals surface area contributed by atoms with Crippen LogP contribution in [-0.4, -0.2) is 41.6 Å². The Balaban J connectivity index is 1.62. The predicted octanol–water partition coefficient (Wildman–Crippen LogP) is 5.49. The van der Waals surface area contributed by atoms with Crippen LogP contribution in [0.4, 0.5) is 0 Å². The number of aryl methyl sites for hydroxylation is 2. The van der Waals surface area contributed by atoms with Crippen molar-refractivity contribution in [2.45, 2.75) is 60.4 Å². The molecule has 0 spiro atoms. The van der Waals surface area contributed by atoms with Crippen LogP contribution >= 0.6 is 0 Å². The Kier molecular flexibility index (Phi) is 7.13. The molecule has 2 aromatic heterocycles. The summed E-state index contributed by atoms with van der Waals surface area (Å²) in [4.78, 5) is 31.4. The van der Waals surface area contributed by atoms with Gasteiger partial charge in [0.2, 0.25) is 5.78 Å². The molecule has 1 aliphatic carbocycles. The summed E-state index contributed by atoms with van der Waals surface area (Å²) in [5, 5.41) is 0.788. The molecular weight excluding hydrogens is 440 g/mol. The summed E-state index contributed by atoms with van der Waals surface area (Å²) < 4.78 is 12.9. The number of hydrogen-bond donors (Lipinski definition) is 0. The lowest BCUT2D eigenvalue weighted by Gasteiger charge is -2.35. The maximum atomic E-state index is 13.5. The largest absolute Gasteiger partial charge is 0.454 e. The molecule has 0 aliphatic heterocycles. The smallest absolute Gasteiger partial charge is 0.339 e. The summed E-state index contributed by atoms with van der Waals surface area (Å²) in [6.45, 7) is 11.6. The molecule has 4 rings (SSSR count). The summed E-state index contributed by atoms with van der Waals surface area (Å²) in [6, 6.07) is 9.56. The number of carbonyl (C=O) groups excluding carboxylic acids is 2. The maximum Gasteiger partial charge on any atom is 0.339 e. The van der Waals surface area contributed by atoms with Gasteiger partial charge in [0.15, 0.2) is 6.61 Å². The highest BCUT2D eigenvalue weighted by Crippen LogP contribution is 2.39. The summed E-state index contributed by atoms with van der Waals surface area (Å²) in [5.41, 5.74) is 5.87. The van der Waals surface area contributed by atoms with Crippen molar-refractivity contribution in [2.75, 3.05) is 20.3 Å². The number of ketones is 1. The lowest BCUT2D eigenvalue weighted by Crippen LogP contribution is -2.29. The molecule has 35 heavy (non-hydrogen) atoms.